The first-order valence-corrected chi connectivity index (χ1v) is 10.7. The highest BCUT2D eigenvalue weighted by Crippen LogP contribution is 2.24. The Morgan fingerprint density at radius 1 is 1.23 bits per heavy atom. The van der Waals surface area contributed by atoms with Gasteiger partial charge in [-0.15, -0.1) is 0 Å². The number of H-pyrrole nitrogens is 1. The molecule has 2 heterocycles. The molecule has 1 N–H and O–H groups in total. The molecule has 0 spiro atoms. The topological polar surface area (TPSA) is 67.5 Å². The van der Waals surface area contributed by atoms with Crippen LogP contribution in [0.5, 0.6) is 5.75 Å². The number of hydrogen-bond donors (Lipinski definition) is 1. The van der Waals surface area contributed by atoms with Crippen molar-refractivity contribution in [1.82, 2.24) is 15.1 Å². The SMILES string of the molecule is CCOC(=O)COc1cccc(CN2CCC[C@@H](Cc3ccc4[nH]ncc4c3)C2)c1. The average molecular weight is 408 g/mol. The van der Waals surface area contributed by atoms with E-state index in [9.17, 15) is 4.79 Å². The molecule has 0 bridgehead atoms. The van der Waals surface area contributed by atoms with Gasteiger partial charge in [-0.1, -0.05) is 18.2 Å². The van der Waals surface area contributed by atoms with E-state index in [-0.39, 0.29) is 12.6 Å². The van der Waals surface area contributed by atoms with Crippen molar-refractivity contribution in [3.63, 3.8) is 0 Å². The van der Waals surface area contributed by atoms with Gasteiger partial charge in [0.2, 0.25) is 0 Å². The molecule has 0 radical (unpaired) electrons. The summed E-state index contributed by atoms with van der Waals surface area (Å²) in [5.74, 6) is 1.03. The van der Waals surface area contributed by atoms with Crippen LogP contribution in [0, 0.1) is 5.92 Å². The summed E-state index contributed by atoms with van der Waals surface area (Å²) in [5, 5.41) is 8.31. The van der Waals surface area contributed by atoms with Gasteiger partial charge in [0.15, 0.2) is 6.61 Å². The summed E-state index contributed by atoms with van der Waals surface area (Å²) in [4.78, 5) is 14.0. The number of piperidine rings is 1. The molecule has 1 atom stereocenters. The lowest BCUT2D eigenvalue weighted by Gasteiger charge is -2.33. The second-order valence-corrected chi connectivity index (χ2v) is 7.98. The van der Waals surface area contributed by atoms with Crippen molar-refractivity contribution in [2.45, 2.75) is 32.7 Å². The van der Waals surface area contributed by atoms with E-state index < -0.39 is 0 Å². The average Bonchev–Trinajstić information content (AvgIpc) is 3.21. The number of carbonyl (C=O) groups excluding carboxylic acids is 1. The molecule has 0 unspecified atom stereocenters. The maximum atomic E-state index is 11.5. The number of likely N-dealkylation sites (tertiary alicyclic amines) is 1. The summed E-state index contributed by atoms with van der Waals surface area (Å²) in [7, 11) is 0. The number of benzene rings is 2. The first kappa shape index (κ1) is 20.4. The second-order valence-electron chi connectivity index (χ2n) is 7.98. The van der Waals surface area contributed by atoms with Gasteiger partial charge in [-0.2, -0.15) is 5.10 Å². The highest BCUT2D eigenvalue weighted by Gasteiger charge is 2.20. The Labute approximate surface area is 177 Å². The van der Waals surface area contributed by atoms with Gasteiger partial charge >= 0.3 is 5.97 Å². The molecule has 30 heavy (non-hydrogen) atoms. The van der Waals surface area contributed by atoms with Gasteiger partial charge in [0, 0.05) is 18.5 Å². The normalized spacial score (nSPS) is 17.2. The molecule has 4 rings (SSSR count). The van der Waals surface area contributed by atoms with Gasteiger partial charge in [-0.05, 0) is 74.0 Å². The van der Waals surface area contributed by atoms with Gasteiger partial charge < -0.3 is 9.47 Å². The van der Waals surface area contributed by atoms with E-state index in [4.69, 9.17) is 9.47 Å². The fourth-order valence-electron chi connectivity index (χ4n) is 4.25. The van der Waals surface area contributed by atoms with Crippen molar-refractivity contribution in [3.8, 4) is 5.75 Å². The van der Waals surface area contributed by atoms with Crippen LogP contribution in [0.2, 0.25) is 0 Å². The fraction of sp³-hybridized carbons (Fsp3) is 0.417. The molecule has 2 aromatic carbocycles. The molecule has 1 aromatic heterocycles. The first-order valence-electron chi connectivity index (χ1n) is 10.7. The molecular weight excluding hydrogens is 378 g/mol. The zero-order chi connectivity index (χ0) is 20.8. The standard InChI is InChI=1S/C24H29N3O3/c1-2-29-24(28)17-30-22-7-3-5-20(13-22)16-27-10-4-6-19(15-27)11-18-8-9-23-21(12-18)14-25-26-23/h3,5,7-9,12-14,19H,2,4,6,10-11,15-17H2,1H3,(H,25,26)/t19-/m0/s1. The Balaban J connectivity index is 1.32. The largest absolute Gasteiger partial charge is 0.482 e. The Kier molecular flexibility index (Phi) is 6.64. The van der Waals surface area contributed by atoms with E-state index in [1.807, 2.05) is 24.4 Å². The summed E-state index contributed by atoms with van der Waals surface area (Å²) >= 11 is 0. The summed E-state index contributed by atoms with van der Waals surface area (Å²) < 4.78 is 10.5. The number of nitrogens with one attached hydrogen (secondary N) is 1. The van der Waals surface area contributed by atoms with Crippen LogP contribution >= 0.6 is 0 Å². The molecule has 6 nitrogen and oxygen atoms in total. The van der Waals surface area contributed by atoms with Crippen molar-refractivity contribution in [2.24, 2.45) is 5.92 Å². The molecule has 1 aliphatic heterocycles. The number of hydrogen-bond acceptors (Lipinski definition) is 5. The summed E-state index contributed by atoms with van der Waals surface area (Å²) in [5.41, 5.74) is 3.68. The molecule has 0 amide bonds. The Bertz CT molecular complexity index is 984. The van der Waals surface area contributed by atoms with E-state index in [0.717, 1.165) is 31.6 Å². The highest BCUT2D eigenvalue weighted by atomic mass is 16.6. The minimum atomic E-state index is -0.338. The highest BCUT2D eigenvalue weighted by molar-refractivity contribution is 5.78. The van der Waals surface area contributed by atoms with Crippen LogP contribution in [-0.4, -0.2) is 47.4 Å². The van der Waals surface area contributed by atoms with Crippen LogP contribution in [0.15, 0.2) is 48.7 Å². The summed E-state index contributed by atoms with van der Waals surface area (Å²) in [6, 6.07) is 14.6. The predicted octanol–water partition coefficient (Wildman–Crippen LogP) is 3.96. The van der Waals surface area contributed by atoms with E-state index in [1.165, 1.54) is 29.4 Å². The number of nitrogens with zero attached hydrogens (tertiary/aromatic N) is 2. The Morgan fingerprint density at radius 2 is 2.17 bits per heavy atom. The first-order chi connectivity index (χ1) is 14.7. The summed E-state index contributed by atoms with van der Waals surface area (Å²) in [6.07, 6.45) is 5.48. The molecule has 1 saturated heterocycles. The molecule has 158 valence electrons. The van der Waals surface area contributed by atoms with Crippen molar-refractivity contribution < 1.29 is 14.3 Å². The molecular formula is C24H29N3O3. The van der Waals surface area contributed by atoms with Gasteiger partial charge in [0.25, 0.3) is 0 Å². The number of fused-ring (bicyclic) bond motifs is 1. The smallest absolute Gasteiger partial charge is 0.344 e. The van der Waals surface area contributed by atoms with E-state index in [0.29, 0.717) is 18.3 Å². The maximum absolute atomic E-state index is 11.5. The van der Waals surface area contributed by atoms with E-state index in [2.05, 4.69) is 39.4 Å². The fourth-order valence-corrected chi connectivity index (χ4v) is 4.25. The van der Waals surface area contributed by atoms with Crippen molar-refractivity contribution in [2.75, 3.05) is 26.3 Å². The van der Waals surface area contributed by atoms with Crippen LogP contribution in [0.25, 0.3) is 10.9 Å². The molecule has 0 saturated carbocycles. The molecule has 3 aromatic rings. The van der Waals surface area contributed by atoms with Crippen LogP contribution in [0.1, 0.15) is 30.9 Å². The molecule has 1 aliphatic rings. The van der Waals surface area contributed by atoms with E-state index in [1.54, 1.807) is 6.92 Å². The summed E-state index contributed by atoms with van der Waals surface area (Å²) in [6.45, 7) is 5.22. The number of ether oxygens (including phenoxy) is 2. The van der Waals surface area contributed by atoms with Crippen LogP contribution in [0.4, 0.5) is 0 Å². The van der Waals surface area contributed by atoms with Gasteiger partial charge in [-0.25, -0.2) is 4.79 Å². The number of rotatable bonds is 8. The van der Waals surface area contributed by atoms with Gasteiger partial charge in [0.1, 0.15) is 5.75 Å². The second kappa shape index (κ2) is 9.76. The number of carbonyl (C=O) groups is 1. The Morgan fingerprint density at radius 3 is 3.07 bits per heavy atom. The maximum Gasteiger partial charge on any atom is 0.344 e. The Hall–Kier alpha value is -2.86. The lowest BCUT2D eigenvalue weighted by molar-refractivity contribution is -0.145. The van der Waals surface area contributed by atoms with Crippen LogP contribution in [0.3, 0.4) is 0 Å². The van der Waals surface area contributed by atoms with Crippen molar-refractivity contribution >= 4 is 16.9 Å². The molecule has 0 aliphatic carbocycles. The monoisotopic (exact) mass is 407 g/mol. The number of aromatic amines is 1. The molecule has 6 heteroatoms. The third-order valence-corrected chi connectivity index (χ3v) is 5.60. The quantitative estimate of drug-likeness (QED) is 0.573. The van der Waals surface area contributed by atoms with Crippen molar-refractivity contribution in [3.05, 3.63) is 59.8 Å². The molecule has 1 fully saturated rings. The van der Waals surface area contributed by atoms with Crippen LogP contribution in [-0.2, 0) is 22.5 Å². The minimum absolute atomic E-state index is 0.0515. The predicted molar refractivity (Wildman–Crippen MR) is 116 cm³/mol. The van der Waals surface area contributed by atoms with E-state index >= 15 is 0 Å². The number of aromatic nitrogens is 2. The zero-order valence-corrected chi connectivity index (χ0v) is 17.5. The lowest BCUT2D eigenvalue weighted by Crippen LogP contribution is -2.35. The zero-order valence-electron chi connectivity index (χ0n) is 17.5. The minimum Gasteiger partial charge on any atom is -0.482 e. The van der Waals surface area contributed by atoms with Gasteiger partial charge in [0.05, 0.1) is 18.3 Å². The third kappa shape index (κ3) is 5.39. The third-order valence-electron chi connectivity index (χ3n) is 5.60. The van der Waals surface area contributed by atoms with Gasteiger partial charge in [-0.3, -0.25) is 10.00 Å². The van der Waals surface area contributed by atoms with Crippen LogP contribution < -0.4 is 4.74 Å². The number of esters is 1. The van der Waals surface area contributed by atoms with Crippen molar-refractivity contribution in [1.29, 1.82) is 0 Å². The lowest BCUT2D eigenvalue weighted by atomic mass is 9.90.